The lowest BCUT2D eigenvalue weighted by atomic mass is 10.0. The molecule has 1 amide bonds. The lowest BCUT2D eigenvalue weighted by Crippen LogP contribution is -2.22. The summed E-state index contributed by atoms with van der Waals surface area (Å²) in [7, 11) is -4.07. The van der Waals surface area contributed by atoms with Crippen LogP contribution in [-0.2, 0) is 9.84 Å². The fourth-order valence-corrected chi connectivity index (χ4v) is 4.07. The first kappa shape index (κ1) is 22.7. The maximum atomic E-state index is 14.1. The predicted molar refractivity (Wildman–Crippen MR) is 104 cm³/mol. The molecule has 3 rings (SSSR count). The first-order chi connectivity index (χ1) is 14.9. The van der Waals surface area contributed by atoms with Gasteiger partial charge in [0.05, 0.1) is 15.4 Å². The van der Waals surface area contributed by atoms with Crippen LogP contribution in [0.4, 0.5) is 28.9 Å². The molecule has 0 aliphatic rings. The van der Waals surface area contributed by atoms with Crippen molar-refractivity contribution in [1.29, 1.82) is 0 Å². The third-order valence-corrected chi connectivity index (χ3v) is 6.07. The van der Waals surface area contributed by atoms with Gasteiger partial charge in [0, 0.05) is 11.4 Å². The van der Waals surface area contributed by atoms with Crippen LogP contribution in [0, 0.1) is 23.3 Å². The second kappa shape index (κ2) is 8.30. The summed E-state index contributed by atoms with van der Waals surface area (Å²) in [6.45, 7) is 0. The Labute approximate surface area is 178 Å². The molecule has 0 aliphatic heterocycles. The minimum Gasteiger partial charge on any atom is -0.478 e. The number of rotatable bonds is 5. The van der Waals surface area contributed by atoms with E-state index in [9.17, 15) is 35.6 Å². The Hall–Kier alpha value is -3.93. The van der Waals surface area contributed by atoms with Gasteiger partial charge in [0.15, 0.2) is 23.3 Å². The maximum Gasteiger partial charge on any atom is 0.339 e. The third-order valence-electron chi connectivity index (χ3n) is 4.30. The van der Waals surface area contributed by atoms with Gasteiger partial charge in [-0.25, -0.2) is 30.8 Å². The van der Waals surface area contributed by atoms with E-state index in [2.05, 4.69) is 0 Å². The molecule has 0 aliphatic carbocycles. The fourth-order valence-electron chi connectivity index (χ4n) is 2.76. The number of nitrogens with two attached hydrogens (primary N) is 1. The van der Waals surface area contributed by atoms with Crippen LogP contribution in [0.15, 0.2) is 58.3 Å². The Morgan fingerprint density at radius 3 is 1.94 bits per heavy atom. The Balaban J connectivity index is 2.03. The highest BCUT2D eigenvalue weighted by molar-refractivity contribution is 7.91. The van der Waals surface area contributed by atoms with Crippen molar-refractivity contribution < 1.29 is 40.7 Å². The van der Waals surface area contributed by atoms with Crippen molar-refractivity contribution in [2.45, 2.75) is 9.79 Å². The summed E-state index contributed by atoms with van der Waals surface area (Å²) in [6.07, 6.45) is 0. The number of nitrogens with one attached hydrogen (secondary N) is 1. The molecule has 7 nitrogen and oxygen atoms in total. The van der Waals surface area contributed by atoms with Crippen LogP contribution in [0.5, 0.6) is 0 Å². The number of anilines is 2. The number of carbonyl (C=O) groups excluding carboxylic acids is 1. The van der Waals surface area contributed by atoms with Crippen LogP contribution in [-0.4, -0.2) is 25.4 Å². The lowest BCUT2D eigenvalue weighted by molar-refractivity contribution is 0.0684. The van der Waals surface area contributed by atoms with Gasteiger partial charge in [-0.1, -0.05) is 6.07 Å². The van der Waals surface area contributed by atoms with E-state index in [-0.39, 0.29) is 15.5 Å². The first-order valence-electron chi connectivity index (χ1n) is 8.56. The smallest absolute Gasteiger partial charge is 0.339 e. The van der Waals surface area contributed by atoms with Crippen molar-refractivity contribution in [3.05, 3.63) is 82.9 Å². The molecule has 0 heterocycles. The number of hydrogen-bond donors (Lipinski definition) is 3. The summed E-state index contributed by atoms with van der Waals surface area (Å²) >= 11 is 0. The Bertz CT molecular complexity index is 1360. The number of aromatic carboxylic acids is 1. The van der Waals surface area contributed by atoms with E-state index >= 15 is 0 Å². The van der Waals surface area contributed by atoms with Gasteiger partial charge >= 0.3 is 5.97 Å². The number of hydrogen-bond acceptors (Lipinski definition) is 5. The standard InChI is InChI=1S/C20H12F4N2O5S/c21-15-13(14(20(28)29)16(22)18(24)17(15)23)19(27)26-10-2-1-3-12(8-10)32(30,31)11-6-4-9(25)5-7-11/h1-8H,25H2,(H,26,27)(H,28,29). The molecule has 0 bridgehead atoms. The Morgan fingerprint density at radius 2 is 1.38 bits per heavy atom. The molecule has 12 heteroatoms. The minimum absolute atomic E-state index is 0.128. The largest absolute Gasteiger partial charge is 0.478 e. The molecule has 4 N–H and O–H groups in total. The summed E-state index contributed by atoms with van der Waals surface area (Å²) in [5.41, 5.74) is 2.26. The van der Waals surface area contributed by atoms with E-state index in [1.165, 1.54) is 36.4 Å². The van der Waals surface area contributed by atoms with Crippen LogP contribution < -0.4 is 11.1 Å². The summed E-state index contributed by atoms with van der Waals surface area (Å²) < 4.78 is 80.4. The van der Waals surface area contributed by atoms with Gasteiger partial charge in [0.25, 0.3) is 5.91 Å². The number of carboxylic acid groups (broad SMARTS) is 1. The molecule has 0 unspecified atom stereocenters. The predicted octanol–water partition coefficient (Wildman–Crippen LogP) is 3.61. The highest BCUT2D eigenvalue weighted by Crippen LogP contribution is 2.27. The van der Waals surface area contributed by atoms with Gasteiger partial charge in [-0.05, 0) is 42.5 Å². The fraction of sp³-hybridized carbons (Fsp3) is 0. The number of carbonyl (C=O) groups is 2. The molecule has 3 aromatic rings. The highest BCUT2D eigenvalue weighted by Gasteiger charge is 2.33. The molecular weight excluding hydrogens is 456 g/mol. The van der Waals surface area contributed by atoms with Crippen LogP contribution in [0.3, 0.4) is 0 Å². The van der Waals surface area contributed by atoms with E-state index in [0.717, 1.165) is 12.1 Å². The Kier molecular flexibility index (Phi) is 5.90. The van der Waals surface area contributed by atoms with Gasteiger partial charge in [0.1, 0.15) is 5.56 Å². The van der Waals surface area contributed by atoms with E-state index in [4.69, 9.17) is 10.8 Å². The van der Waals surface area contributed by atoms with E-state index < -0.39 is 56.1 Å². The van der Waals surface area contributed by atoms with Crippen molar-refractivity contribution in [1.82, 2.24) is 0 Å². The van der Waals surface area contributed by atoms with Gasteiger partial charge in [0.2, 0.25) is 9.84 Å². The zero-order valence-corrected chi connectivity index (χ0v) is 16.5. The SMILES string of the molecule is Nc1ccc(S(=O)(=O)c2cccc(NC(=O)c3c(F)c(F)c(F)c(F)c3C(=O)O)c2)cc1. The summed E-state index contributed by atoms with van der Waals surface area (Å²) in [6, 6.07) is 9.70. The molecule has 0 spiro atoms. The maximum absolute atomic E-state index is 14.1. The van der Waals surface area contributed by atoms with E-state index in [1.807, 2.05) is 5.32 Å². The topological polar surface area (TPSA) is 127 Å². The highest BCUT2D eigenvalue weighted by atomic mass is 32.2. The van der Waals surface area contributed by atoms with Crippen molar-refractivity contribution in [2.75, 3.05) is 11.1 Å². The molecule has 0 atom stereocenters. The second-order valence-electron chi connectivity index (χ2n) is 6.37. The molecule has 166 valence electrons. The minimum atomic E-state index is -4.07. The molecule has 0 radical (unpaired) electrons. The lowest BCUT2D eigenvalue weighted by Gasteiger charge is -2.12. The van der Waals surface area contributed by atoms with E-state index in [0.29, 0.717) is 5.69 Å². The first-order valence-corrected chi connectivity index (χ1v) is 10.0. The zero-order valence-electron chi connectivity index (χ0n) is 15.7. The second-order valence-corrected chi connectivity index (χ2v) is 8.32. The number of benzene rings is 3. The van der Waals surface area contributed by atoms with Crippen LogP contribution in [0.1, 0.15) is 20.7 Å². The summed E-state index contributed by atoms with van der Waals surface area (Å²) in [4.78, 5) is 23.2. The van der Waals surface area contributed by atoms with Gasteiger partial charge in [-0.3, -0.25) is 4.79 Å². The van der Waals surface area contributed by atoms with Crippen LogP contribution >= 0.6 is 0 Å². The molecular formula is C20H12F4N2O5S. The number of amides is 1. The van der Waals surface area contributed by atoms with Crippen molar-refractivity contribution in [2.24, 2.45) is 0 Å². The van der Waals surface area contributed by atoms with Crippen molar-refractivity contribution in [3.8, 4) is 0 Å². The number of halogens is 4. The number of sulfone groups is 1. The molecule has 3 aromatic carbocycles. The number of nitrogen functional groups attached to an aromatic ring is 1. The molecule has 0 aromatic heterocycles. The van der Waals surface area contributed by atoms with Crippen LogP contribution in [0.2, 0.25) is 0 Å². The monoisotopic (exact) mass is 468 g/mol. The number of carboxylic acids is 1. The molecule has 32 heavy (non-hydrogen) atoms. The average Bonchev–Trinajstić information content (AvgIpc) is 2.74. The van der Waals surface area contributed by atoms with E-state index in [1.54, 1.807) is 0 Å². The van der Waals surface area contributed by atoms with Crippen molar-refractivity contribution >= 4 is 33.1 Å². The molecule has 0 saturated carbocycles. The third kappa shape index (κ3) is 3.99. The van der Waals surface area contributed by atoms with Gasteiger partial charge < -0.3 is 16.2 Å². The molecule has 0 fully saturated rings. The summed E-state index contributed by atoms with van der Waals surface area (Å²) in [5.74, 6) is -13.1. The van der Waals surface area contributed by atoms with Gasteiger partial charge in [-0.2, -0.15) is 0 Å². The van der Waals surface area contributed by atoms with Crippen LogP contribution in [0.25, 0.3) is 0 Å². The molecule has 0 saturated heterocycles. The normalized spacial score (nSPS) is 11.2. The Morgan fingerprint density at radius 1 is 0.812 bits per heavy atom. The summed E-state index contributed by atoms with van der Waals surface area (Å²) in [5, 5.41) is 11.0. The average molecular weight is 468 g/mol. The quantitative estimate of drug-likeness (QED) is 0.227. The zero-order chi connectivity index (χ0) is 23.8. The van der Waals surface area contributed by atoms with Crippen molar-refractivity contribution in [3.63, 3.8) is 0 Å². The van der Waals surface area contributed by atoms with Gasteiger partial charge in [-0.15, -0.1) is 0 Å².